The van der Waals surface area contributed by atoms with Gasteiger partial charge in [-0.25, -0.2) is 13.1 Å². The van der Waals surface area contributed by atoms with Gasteiger partial charge in [-0.1, -0.05) is 37.3 Å². The van der Waals surface area contributed by atoms with Crippen molar-refractivity contribution in [2.45, 2.75) is 37.6 Å². The average molecular weight is 391 g/mol. The number of nitrogens with one attached hydrogen (secondary N) is 3. The molecule has 0 aliphatic heterocycles. The van der Waals surface area contributed by atoms with Gasteiger partial charge in [0.15, 0.2) is 0 Å². The number of fused-ring (bicyclic) bond motifs is 1. The first-order valence-electron chi connectivity index (χ1n) is 8.89. The van der Waals surface area contributed by atoms with E-state index in [1.54, 1.807) is 19.1 Å². The van der Waals surface area contributed by atoms with Crippen LogP contribution < -0.4 is 15.4 Å². The molecule has 0 aliphatic carbocycles. The first-order chi connectivity index (χ1) is 12.8. The minimum absolute atomic E-state index is 0.0513. The molecule has 1 atom stereocenters. The molecule has 0 saturated heterocycles. The lowest BCUT2D eigenvalue weighted by atomic mass is 10.1. The molecule has 8 heteroatoms. The summed E-state index contributed by atoms with van der Waals surface area (Å²) in [5.41, 5.74) is 0. The highest BCUT2D eigenvalue weighted by Crippen LogP contribution is 2.18. The van der Waals surface area contributed by atoms with Crippen molar-refractivity contribution in [3.8, 4) is 0 Å². The molecule has 2 rings (SSSR count). The number of carbonyl (C=O) groups is 2. The van der Waals surface area contributed by atoms with Gasteiger partial charge in [0.1, 0.15) is 6.04 Å². The van der Waals surface area contributed by atoms with Crippen LogP contribution in [0.25, 0.3) is 10.8 Å². The van der Waals surface area contributed by atoms with Gasteiger partial charge >= 0.3 is 0 Å². The Kier molecular flexibility index (Phi) is 7.32. The topological polar surface area (TPSA) is 104 Å². The summed E-state index contributed by atoms with van der Waals surface area (Å²) in [6.07, 6.45) is 0.751. The van der Waals surface area contributed by atoms with E-state index in [1.165, 1.54) is 6.07 Å². The number of hydrogen-bond donors (Lipinski definition) is 3. The summed E-state index contributed by atoms with van der Waals surface area (Å²) in [6.45, 7) is 4.02. The minimum atomic E-state index is -3.71. The van der Waals surface area contributed by atoms with Crippen LogP contribution in [0.5, 0.6) is 0 Å². The molecule has 0 radical (unpaired) electrons. The standard InChI is InChI=1S/C19H25N3O4S/c1-3-11-20-19(24)14(2)22-18(23)10-12-21-27(25,26)17-9-8-15-6-4-5-7-16(15)13-17/h4-9,13-14,21H,3,10-12H2,1-2H3,(H,20,24)(H,22,23)/t14-/m0/s1. The first-order valence-corrected chi connectivity index (χ1v) is 10.4. The van der Waals surface area contributed by atoms with Crippen LogP contribution in [0.15, 0.2) is 47.4 Å². The monoisotopic (exact) mass is 391 g/mol. The Bertz CT molecular complexity index is 912. The second-order valence-corrected chi connectivity index (χ2v) is 8.00. The van der Waals surface area contributed by atoms with E-state index >= 15 is 0 Å². The lowest BCUT2D eigenvalue weighted by Gasteiger charge is -2.14. The van der Waals surface area contributed by atoms with Crippen LogP contribution in [-0.2, 0) is 19.6 Å². The third-order valence-electron chi connectivity index (χ3n) is 4.00. The molecule has 2 aromatic carbocycles. The van der Waals surface area contributed by atoms with Crippen LogP contribution in [0, 0.1) is 0 Å². The zero-order chi connectivity index (χ0) is 19.9. The number of carbonyl (C=O) groups excluding carboxylic acids is 2. The van der Waals surface area contributed by atoms with Crippen molar-refractivity contribution in [2.24, 2.45) is 0 Å². The Labute approximate surface area is 159 Å². The molecule has 0 fully saturated rings. The fourth-order valence-electron chi connectivity index (χ4n) is 2.50. The van der Waals surface area contributed by atoms with Crippen LogP contribution in [0.2, 0.25) is 0 Å². The maximum Gasteiger partial charge on any atom is 0.242 e. The largest absolute Gasteiger partial charge is 0.354 e. The van der Waals surface area contributed by atoms with Crippen molar-refractivity contribution in [2.75, 3.05) is 13.1 Å². The zero-order valence-corrected chi connectivity index (χ0v) is 16.3. The fourth-order valence-corrected chi connectivity index (χ4v) is 3.56. The molecule has 0 bridgehead atoms. The second-order valence-electron chi connectivity index (χ2n) is 6.24. The van der Waals surface area contributed by atoms with Crippen LogP contribution in [0.3, 0.4) is 0 Å². The van der Waals surface area contributed by atoms with Gasteiger partial charge in [0.2, 0.25) is 21.8 Å². The molecule has 27 heavy (non-hydrogen) atoms. The van der Waals surface area contributed by atoms with E-state index in [1.807, 2.05) is 31.2 Å². The van der Waals surface area contributed by atoms with Gasteiger partial charge < -0.3 is 10.6 Å². The summed E-state index contributed by atoms with van der Waals surface area (Å²) in [4.78, 5) is 23.8. The Hall–Kier alpha value is -2.45. The Morgan fingerprint density at radius 2 is 1.74 bits per heavy atom. The van der Waals surface area contributed by atoms with Crippen LogP contribution in [-0.4, -0.2) is 39.4 Å². The van der Waals surface area contributed by atoms with Crippen LogP contribution in [0.1, 0.15) is 26.7 Å². The predicted molar refractivity (Wildman–Crippen MR) is 105 cm³/mol. The summed E-state index contributed by atoms with van der Waals surface area (Å²) in [5, 5.41) is 7.02. The Balaban J connectivity index is 1.87. The number of amides is 2. The van der Waals surface area contributed by atoms with Crippen molar-refractivity contribution in [1.29, 1.82) is 0 Å². The molecule has 0 unspecified atom stereocenters. The number of hydrogen-bond acceptors (Lipinski definition) is 4. The molecule has 3 N–H and O–H groups in total. The van der Waals surface area contributed by atoms with E-state index < -0.39 is 22.0 Å². The van der Waals surface area contributed by atoms with Crippen LogP contribution in [0.4, 0.5) is 0 Å². The first kappa shape index (κ1) is 20.9. The summed E-state index contributed by atoms with van der Waals surface area (Å²) in [6, 6.07) is 11.7. The molecule has 0 saturated carbocycles. The Morgan fingerprint density at radius 3 is 2.44 bits per heavy atom. The molecule has 146 valence electrons. The second kappa shape index (κ2) is 9.48. The van der Waals surface area contributed by atoms with Crippen molar-refractivity contribution in [3.05, 3.63) is 42.5 Å². The molecular formula is C19H25N3O4S. The van der Waals surface area contributed by atoms with E-state index in [2.05, 4.69) is 15.4 Å². The summed E-state index contributed by atoms with van der Waals surface area (Å²) in [5.74, 6) is -0.655. The van der Waals surface area contributed by atoms with Crippen LogP contribution >= 0.6 is 0 Å². The lowest BCUT2D eigenvalue weighted by Crippen LogP contribution is -2.45. The number of sulfonamides is 1. The quantitative estimate of drug-likeness (QED) is 0.603. The molecule has 0 aromatic heterocycles. The normalized spacial score (nSPS) is 12.5. The molecule has 0 aliphatic rings. The number of rotatable bonds is 9. The maximum atomic E-state index is 12.4. The van der Waals surface area contributed by atoms with E-state index in [0.717, 1.165) is 17.2 Å². The third-order valence-corrected chi connectivity index (χ3v) is 5.45. The fraction of sp³-hybridized carbons (Fsp3) is 0.368. The van der Waals surface area contributed by atoms with E-state index in [4.69, 9.17) is 0 Å². The van der Waals surface area contributed by atoms with Gasteiger partial charge in [0, 0.05) is 19.5 Å². The molecule has 0 heterocycles. The summed E-state index contributed by atoms with van der Waals surface area (Å²) in [7, 11) is -3.71. The van der Waals surface area contributed by atoms with E-state index in [-0.39, 0.29) is 23.8 Å². The maximum absolute atomic E-state index is 12.4. The average Bonchev–Trinajstić information content (AvgIpc) is 2.65. The van der Waals surface area contributed by atoms with Crippen molar-refractivity contribution in [1.82, 2.24) is 15.4 Å². The van der Waals surface area contributed by atoms with Gasteiger partial charge in [-0.05, 0) is 36.2 Å². The summed E-state index contributed by atoms with van der Waals surface area (Å²) >= 11 is 0. The highest BCUT2D eigenvalue weighted by molar-refractivity contribution is 7.89. The molecule has 0 spiro atoms. The van der Waals surface area contributed by atoms with Gasteiger partial charge in [0.05, 0.1) is 4.90 Å². The van der Waals surface area contributed by atoms with Crippen molar-refractivity contribution < 1.29 is 18.0 Å². The smallest absolute Gasteiger partial charge is 0.242 e. The lowest BCUT2D eigenvalue weighted by molar-refractivity contribution is -0.128. The molecule has 7 nitrogen and oxygen atoms in total. The highest BCUT2D eigenvalue weighted by atomic mass is 32.2. The van der Waals surface area contributed by atoms with E-state index in [0.29, 0.717) is 6.54 Å². The van der Waals surface area contributed by atoms with Gasteiger partial charge in [0.25, 0.3) is 0 Å². The molecule has 2 aromatic rings. The minimum Gasteiger partial charge on any atom is -0.354 e. The predicted octanol–water partition coefficient (Wildman–Crippen LogP) is 1.54. The highest BCUT2D eigenvalue weighted by Gasteiger charge is 2.17. The van der Waals surface area contributed by atoms with Crippen molar-refractivity contribution >= 4 is 32.6 Å². The number of benzene rings is 2. The molecular weight excluding hydrogens is 366 g/mol. The van der Waals surface area contributed by atoms with Gasteiger partial charge in [-0.3, -0.25) is 9.59 Å². The van der Waals surface area contributed by atoms with Crippen molar-refractivity contribution in [3.63, 3.8) is 0 Å². The SMILES string of the molecule is CCCNC(=O)[C@H](C)NC(=O)CCNS(=O)(=O)c1ccc2ccccc2c1. The summed E-state index contributed by atoms with van der Waals surface area (Å²) < 4.78 is 27.2. The molecule has 2 amide bonds. The zero-order valence-electron chi connectivity index (χ0n) is 15.5. The van der Waals surface area contributed by atoms with E-state index in [9.17, 15) is 18.0 Å². The van der Waals surface area contributed by atoms with Gasteiger partial charge in [-0.15, -0.1) is 0 Å². The Morgan fingerprint density at radius 1 is 1.04 bits per heavy atom. The third kappa shape index (κ3) is 6.04. The van der Waals surface area contributed by atoms with Gasteiger partial charge in [-0.2, -0.15) is 0 Å².